The average Bonchev–Trinajstić information content (AvgIpc) is 3.28. The largest absolute Gasteiger partial charge is 0.493 e. The number of hydrogen-bond acceptors (Lipinski definition) is 4. The maximum Gasteiger partial charge on any atom is 0.242 e. The molecule has 0 radical (unpaired) electrons. The third-order valence-corrected chi connectivity index (χ3v) is 5.45. The first-order chi connectivity index (χ1) is 9.98. The van der Waals surface area contributed by atoms with Crippen LogP contribution >= 0.6 is 0 Å². The monoisotopic (exact) mass is 312 g/mol. The highest BCUT2D eigenvalue weighted by atomic mass is 32.2. The molecule has 0 aromatic heterocycles. The molecule has 1 aromatic carbocycles. The van der Waals surface area contributed by atoms with Crippen molar-refractivity contribution >= 4 is 10.0 Å². The van der Waals surface area contributed by atoms with Gasteiger partial charge < -0.3 is 10.5 Å². The van der Waals surface area contributed by atoms with Crippen LogP contribution in [0.25, 0.3) is 0 Å². The topological polar surface area (TPSA) is 72.6 Å². The van der Waals surface area contributed by atoms with Gasteiger partial charge in [-0.1, -0.05) is 6.92 Å². The Hall–Kier alpha value is -1.11. The van der Waals surface area contributed by atoms with Crippen LogP contribution in [0.2, 0.25) is 0 Å². The van der Waals surface area contributed by atoms with Gasteiger partial charge in [-0.3, -0.25) is 0 Å². The summed E-state index contributed by atoms with van der Waals surface area (Å²) >= 11 is 0. The van der Waals surface area contributed by atoms with E-state index in [-0.39, 0.29) is 11.4 Å². The van der Waals surface area contributed by atoms with E-state index in [2.05, 4.69) is 0 Å². The smallest absolute Gasteiger partial charge is 0.242 e. The molecule has 0 unspecified atom stereocenters. The van der Waals surface area contributed by atoms with Gasteiger partial charge in [0.25, 0.3) is 0 Å². The second kappa shape index (κ2) is 6.77. The standard InChI is InChI=1S/C15H24N2O3S/c1-3-8-20-15-7-6-14(9-13(15)10-16)21(18,19)17(2)11-12-4-5-12/h6-7,9,12H,3-5,8,10-11,16H2,1-2H3. The minimum absolute atomic E-state index is 0.259. The van der Waals surface area contributed by atoms with E-state index < -0.39 is 10.0 Å². The van der Waals surface area contributed by atoms with Gasteiger partial charge >= 0.3 is 0 Å². The van der Waals surface area contributed by atoms with Gasteiger partial charge in [-0.05, 0) is 43.4 Å². The molecular weight excluding hydrogens is 288 g/mol. The number of nitrogens with two attached hydrogens (primary N) is 1. The van der Waals surface area contributed by atoms with Crippen molar-refractivity contribution in [2.45, 2.75) is 37.6 Å². The van der Waals surface area contributed by atoms with Crippen LogP contribution in [0, 0.1) is 5.92 Å². The summed E-state index contributed by atoms with van der Waals surface area (Å²) in [5.41, 5.74) is 6.44. The fourth-order valence-corrected chi connectivity index (χ4v) is 3.47. The number of sulfonamides is 1. The van der Waals surface area contributed by atoms with Gasteiger partial charge in [0, 0.05) is 25.7 Å². The summed E-state index contributed by atoms with van der Waals surface area (Å²) in [5.74, 6) is 1.19. The molecule has 21 heavy (non-hydrogen) atoms. The lowest BCUT2D eigenvalue weighted by Gasteiger charge is -2.18. The molecule has 0 aliphatic heterocycles. The molecule has 1 aliphatic carbocycles. The number of nitrogens with zero attached hydrogens (tertiary/aromatic N) is 1. The summed E-state index contributed by atoms with van der Waals surface area (Å²) in [7, 11) is -1.81. The molecule has 1 fully saturated rings. The molecule has 0 spiro atoms. The molecule has 6 heteroatoms. The van der Waals surface area contributed by atoms with Gasteiger partial charge in [-0.25, -0.2) is 12.7 Å². The molecule has 1 saturated carbocycles. The average molecular weight is 312 g/mol. The maximum atomic E-state index is 12.5. The molecule has 0 heterocycles. The predicted molar refractivity (Wildman–Crippen MR) is 82.7 cm³/mol. The molecule has 1 aromatic rings. The van der Waals surface area contributed by atoms with Gasteiger partial charge in [0.15, 0.2) is 0 Å². The van der Waals surface area contributed by atoms with Gasteiger partial charge in [0.2, 0.25) is 10.0 Å². The van der Waals surface area contributed by atoms with Crippen molar-refractivity contribution in [3.05, 3.63) is 23.8 Å². The second-order valence-corrected chi connectivity index (χ2v) is 7.60. The van der Waals surface area contributed by atoms with E-state index in [1.807, 2.05) is 6.92 Å². The Balaban J connectivity index is 2.21. The highest BCUT2D eigenvalue weighted by molar-refractivity contribution is 7.89. The minimum Gasteiger partial charge on any atom is -0.493 e. The van der Waals surface area contributed by atoms with E-state index in [1.165, 1.54) is 4.31 Å². The molecular formula is C15H24N2O3S. The van der Waals surface area contributed by atoms with Gasteiger partial charge in [-0.15, -0.1) is 0 Å². The van der Waals surface area contributed by atoms with Crippen molar-refractivity contribution in [1.29, 1.82) is 0 Å². The fraction of sp³-hybridized carbons (Fsp3) is 0.600. The summed E-state index contributed by atoms with van der Waals surface area (Å²) in [6, 6.07) is 4.93. The normalized spacial score (nSPS) is 15.4. The molecule has 0 bridgehead atoms. The van der Waals surface area contributed by atoms with Crippen molar-refractivity contribution in [2.24, 2.45) is 11.7 Å². The van der Waals surface area contributed by atoms with E-state index in [4.69, 9.17) is 10.5 Å². The second-order valence-electron chi connectivity index (χ2n) is 5.55. The lowest BCUT2D eigenvalue weighted by molar-refractivity contribution is 0.314. The lowest BCUT2D eigenvalue weighted by Crippen LogP contribution is -2.29. The molecule has 2 N–H and O–H groups in total. The van der Waals surface area contributed by atoms with Gasteiger partial charge in [-0.2, -0.15) is 0 Å². The van der Waals surface area contributed by atoms with Crippen LogP contribution in [0.1, 0.15) is 31.7 Å². The number of benzene rings is 1. The molecule has 5 nitrogen and oxygen atoms in total. The zero-order valence-electron chi connectivity index (χ0n) is 12.7. The van der Waals surface area contributed by atoms with Crippen LogP contribution in [0.5, 0.6) is 5.75 Å². The van der Waals surface area contributed by atoms with Crippen molar-refractivity contribution in [3.8, 4) is 5.75 Å². The number of rotatable bonds is 8. The zero-order valence-corrected chi connectivity index (χ0v) is 13.5. The summed E-state index contributed by atoms with van der Waals surface area (Å²) in [5, 5.41) is 0. The Kier molecular flexibility index (Phi) is 5.24. The molecule has 0 amide bonds. The van der Waals surface area contributed by atoms with Gasteiger partial charge in [0.05, 0.1) is 11.5 Å². The fourth-order valence-electron chi connectivity index (χ4n) is 2.17. The van der Waals surface area contributed by atoms with Crippen molar-refractivity contribution in [1.82, 2.24) is 4.31 Å². The summed E-state index contributed by atoms with van der Waals surface area (Å²) in [4.78, 5) is 0.287. The first-order valence-electron chi connectivity index (χ1n) is 7.41. The first-order valence-corrected chi connectivity index (χ1v) is 8.85. The van der Waals surface area contributed by atoms with Crippen molar-refractivity contribution in [3.63, 3.8) is 0 Å². The molecule has 1 aliphatic rings. The van der Waals surface area contributed by atoms with Crippen molar-refractivity contribution < 1.29 is 13.2 Å². The predicted octanol–water partition coefficient (Wildman–Crippen LogP) is 1.96. The Morgan fingerprint density at radius 1 is 1.38 bits per heavy atom. The third kappa shape index (κ3) is 3.96. The first kappa shape index (κ1) is 16.3. The molecule has 118 valence electrons. The van der Waals surface area contributed by atoms with Crippen LogP contribution in [0.15, 0.2) is 23.1 Å². The summed E-state index contributed by atoms with van der Waals surface area (Å²) < 4.78 is 32.1. The molecule has 0 atom stereocenters. The summed E-state index contributed by atoms with van der Waals surface area (Å²) in [6.07, 6.45) is 3.14. The number of ether oxygens (including phenoxy) is 1. The molecule has 0 saturated heterocycles. The van der Waals surface area contributed by atoms with E-state index >= 15 is 0 Å². The van der Waals surface area contributed by atoms with Crippen LogP contribution in [0.3, 0.4) is 0 Å². The minimum atomic E-state index is -3.44. The van der Waals surface area contributed by atoms with E-state index in [1.54, 1.807) is 25.2 Å². The molecule has 2 rings (SSSR count). The Morgan fingerprint density at radius 3 is 2.67 bits per heavy atom. The Bertz CT molecular complexity index is 583. The lowest BCUT2D eigenvalue weighted by atomic mass is 10.2. The Labute approximate surface area is 127 Å². The zero-order chi connectivity index (χ0) is 15.5. The Morgan fingerprint density at radius 2 is 2.10 bits per heavy atom. The van der Waals surface area contributed by atoms with Crippen LogP contribution in [-0.4, -0.2) is 32.9 Å². The number of hydrogen-bond donors (Lipinski definition) is 1. The van der Waals surface area contributed by atoms with E-state index in [9.17, 15) is 8.42 Å². The quantitative estimate of drug-likeness (QED) is 0.796. The van der Waals surface area contributed by atoms with E-state index in [0.29, 0.717) is 24.8 Å². The third-order valence-electron chi connectivity index (χ3n) is 3.63. The maximum absolute atomic E-state index is 12.5. The van der Waals surface area contributed by atoms with Gasteiger partial charge in [0.1, 0.15) is 5.75 Å². The van der Waals surface area contributed by atoms with Crippen LogP contribution in [-0.2, 0) is 16.6 Å². The highest BCUT2D eigenvalue weighted by Gasteiger charge is 2.29. The van der Waals surface area contributed by atoms with Crippen LogP contribution in [0.4, 0.5) is 0 Å². The van der Waals surface area contributed by atoms with Crippen LogP contribution < -0.4 is 10.5 Å². The van der Waals surface area contributed by atoms with Crippen molar-refractivity contribution in [2.75, 3.05) is 20.2 Å². The highest BCUT2D eigenvalue weighted by Crippen LogP contribution is 2.31. The summed E-state index contributed by atoms with van der Waals surface area (Å²) in [6.45, 7) is 3.47. The van der Waals surface area contributed by atoms with E-state index in [0.717, 1.165) is 24.8 Å². The SMILES string of the molecule is CCCOc1ccc(S(=O)(=O)N(C)CC2CC2)cc1CN.